The second-order valence-electron chi connectivity index (χ2n) is 8.88. The summed E-state index contributed by atoms with van der Waals surface area (Å²) in [7, 11) is 0. The average molecular weight is 488 g/mol. The number of H-pyrrole nitrogens is 1. The van der Waals surface area contributed by atoms with E-state index < -0.39 is 17.8 Å². The summed E-state index contributed by atoms with van der Waals surface area (Å²) in [5.41, 5.74) is 1.12. The summed E-state index contributed by atoms with van der Waals surface area (Å²) in [6.07, 6.45) is -3.35. The van der Waals surface area contributed by atoms with Gasteiger partial charge >= 0.3 is 12.2 Å². The summed E-state index contributed by atoms with van der Waals surface area (Å²) >= 11 is 0. The summed E-state index contributed by atoms with van der Waals surface area (Å²) in [5.74, 6) is 0.0295. The molecule has 0 unspecified atom stereocenters. The molecule has 1 fully saturated rings. The number of aryl methyl sites for hydroxylation is 1. The van der Waals surface area contributed by atoms with Gasteiger partial charge < -0.3 is 9.80 Å². The molecule has 0 atom stereocenters. The van der Waals surface area contributed by atoms with Crippen LogP contribution in [0.1, 0.15) is 35.2 Å². The highest BCUT2D eigenvalue weighted by Crippen LogP contribution is 2.36. The minimum Gasteiger partial charge on any atom is -0.369 e. The quantitative estimate of drug-likeness (QED) is 0.532. The van der Waals surface area contributed by atoms with Crippen LogP contribution >= 0.6 is 0 Å². The molecule has 184 valence electrons. The fourth-order valence-electron chi connectivity index (χ4n) is 5.01. The van der Waals surface area contributed by atoms with Gasteiger partial charge in [-0.2, -0.15) is 13.2 Å². The van der Waals surface area contributed by atoms with Crippen molar-refractivity contribution in [1.29, 1.82) is 0 Å². The SMILES string of the molecule is Cc1cccc(F)c1N1CCC(N2Cc3nn[nH]c3N(Cc3ccccc3C(F)(F)F)C2=O)CC1. The third-order valence-electron chi connectivity index (χ3n) is 6.73. The minimum atomic E-state index is -4.54. The summed E-state index contributed by atoms with van der Waals surface area (Å²) in [6.45, 7) is 2.92. The molecule has 0 saturated carbocycles. The van der Waals surface area contributed by atoms with E-state index in [4.69, 9.17) is 0 Å². The van der Waals surface area contributed by atoms with Crippen molar-refractivity contribution in [2.75, 3.05) is 22.9 Å². The number of aromatic nitrogens is 3. The van der Waals surface area contributed by atoms with Crippen LogP contribution in [-0.4, -0.2) is 45.5 Å². The molecule has 11 heteroatoms. The molecular weight excluding hydrogens is 464 g/mol. The zero-order valence-electron chi connectivity index (χ0n) is 19.0. The number of hydrogen-bond donors (Lipinski definition) is 1. The van der Waals surface area contributed by atoms with E-state index in [0.717, 1.165) is 11.6 Å². The number of carbonyl (C=O) groups excluding carboxylic acids is 1. The molecule has 3 aromatic rings. The summed E-state index contributed by atoms with van der Waals surface area (Å²) in [4.78, 5) is 18.4. The number of hydrogen-bond acceptors (Lipinski definition) is 4. The third-order valence-corrected chi connectivity index (χ3v) is 6.73. The Balaban J connectivity index is 1.37. The largest absolute Gasteiger partial charge is 0.416 e. The Kier molecular flexibility index (Phi) is 5.86. The number of fused-ring (bicyclic) bond motifs is 1. The Morgan fingerprint density at radius 1 is 1.09 bits per heavy atom. The topological polar surface area (TPSA) is 68.4 Å². The summed E-state index contributed by atoms with van der Waals surface area (Å²) < 4.78 is 55.1. The number of anilines is 2. The maximum atomic E-state index is 14.4. The maximum absolute atomic E-state index is 14.4. The van der Waals surface area contributed by atoms with E-state index in [-0.39, 0.29) is 30.5 Å². The summed E-state index contributed by atoms with van der Waals surface area (Å²) in [6, 6.07) is 9.63. The van der Waals surface area contributed by atoms with Crippen molar-refractivity contribution >= 4 is 17.5 Å². The van der Waals surface area contributed by atoms with Crippen LogP contribution in [0.3, 0.4) is 0 Å². The molecule has 2 amide bonds. The first-order valence-electron chi connectivity index (χ1n) is 11.4. The lowest BCUT2D eigenvalue weighted by Gasteiger charge is -2.43. The second kappa shape index (κ2) is 8.86. The number of nitrogens with one attached hydrogen (secondary N) is 1. The number of benzene rings is 2. The Morgan fingerprint density at radius 3 is 2.54 bits per heavy atom. The molecule has 0 aliphatic carbocycles. The van der Waals surface area contributed by atoms with Crippen LogP contribution in [0.5, 0.6) is 0 Å². The Morgan fingerprint density at radius 2 is 1.83 bits per heavy atom. The summed E-state index contributed by atoms with van der Waals surface area (Å²) in [5, 5.41) is 10.5. The van der Waals surface area contributed by atoms with Crippen molar-refractivity contribution < 1.29 is 22.4 Å². The van der Waals surface area contributed by atoms with Crippen LogP contribution in [0, 0.1) is 12.7 Å². The van der Waals surface area contributed by atoms with Crippen LogP contribution in [0.15, 0.2) is 42.5 Å². The maximum Gasteiger partial charge on any atom is 0.416 e. The van der Waals surface area contributed by atoms with E-state index in [0.29, 0.717) is 43.1 Å². The molecule has 2 aliphatic rings. The van der Waals surface area contributed by atoms with Gasteiger partial charge in [-0.3, -0.25) is 4.90 Å². The van der Waals surface area contributed by atoms with Crippen molar-refractivity contribution in [3.8, 4) is 0 Å². The first kappa shape index (κ1) is 23.1. The molecule has 1 N–H and O–H groups in total. The molecule has 7 nitrogen and oxygen atoms in total. The fourth-order valence-corrected chi connectivity index (χ4v) is 5.01. The number of para-hydroxylation sites is 1. The van der Waals surface area contributed by atoms with Crippen LogP contribution in [0.25, 0.3) is 0 Å². The second-order valence-corrected chi connectivity index (χ2v) is 8.88. The molecule has 0 radical (unpaired) electrons. The number of piperidine rings is 1. The average Bonchev–Trinajstić information content (AvgIpc) is 3.29. The number of aromatic amines is 1. The van der Waals surface area contributed by atoms with Crippen molar-refractivity contribution in [1.82, 2.24) is 20.3 Å². The number of halogens is 4. The van der Waals surface area contributed by atoms with Gasteiger partial charge in [0.2, 0.25) is 0 Å². The lowest BCUT2D eigenvalue weighted by Crippen LogP contribution is -2.54. The highest BCUT2D eigenvalue weighted by atomic mass is 19.4. The normalized spacial score (nSPS) is 17.2. The molecule has 0 spiro atoms. The van der Waals surface area contributed by atoms with Gasteiger partial charge in [0.15, 0.2) is 5.82 Å². The van der Waals surface area contributed by atoms with E-state index in [2.05, 4.69) is 15.4 Å². The Labute approximate surface area is 199 Å². The van der Waals surface area contributed by atoms with Gasteiger partial charge in [0.25, 0.3) is 0 Å². The molecule has 2 aliphatic heterocycles. The van der Waals surface area contributed by atoms with Gasteiger partial charge in [0.1, 0.15) is 11.5 Å². The van der Waals surface area contributed by atoms with Crippen molar-refractivity contribution in [2.45, 2.75) is 45.1 Å². The zero-order chi connectivity index (χ0) is 24.7. The molecule has 3 heterocycles. The predicted octanol–water partition coefficient (Wildman–Crippen LogP) is 4.88. The Hall–Kier alpha value is -3.63. The molecule has 2 aromatic carbocycles. The van der Waals surface area contributed by atoms with Gasteiger partial charge in [0.05, 0.1) is 24.3 Å². The molecular formula is C24H24F4N6O. The van der Waals surface area contributed by atoms with Gasteiger partial charge in [-0.1, -0.05) is 35.5 Å². The molecule has 1 saturated heterocycles. The van der Waals surface area contributed by atoms with Gasteiger partial charge in [0, 0.05) is 19.1 Å². The smallest absolute Gasteiger partial charge is 0.369 e. The highest BCUT2D eigenvalue weighted by molar-refractivity contribution is 5.93. The molecule has 0 bridgehead atoms. The zero-order valence-corrected chi connectivity index (χ0v) is 19.0. The van der Waals surface area contributed by atoms with E-state index in [1.165, 1.54) is 29.2 Å². The van der Waals surface area contributed by atoms with Gasteiger partial charge in [-0.15, -0.1) is 5.10 Å². The van der Waals surface area contributed by atoms with E-state index in [1.807, 2.05) is 17.9 Å². The predicted molar refractivity (Wildman–Crippen MR) is 121 cm³/mol. The third kappa shape index (κ3) is 4.30. The fraction of sp³-hybridized carbons (Fsp3) is 0.375. The lowest BCUT2D eigenvalue weighted by molar-refractivity contribution is -0.138. The highest BCUT2D eigenvalue weighted by Gasteiger charge is 2.40. The first-order valence-corrected chi connectivity index (χ1v) is 11.4. The number of nitrogens with zero attached hydrogens (tertiary/aromatic N) is 5. The first-order chi connectivity index (χ1) is 16.7. The standard InChI is InChI=1S/C24H24F4N6O/c1-15-5-4-8-19(25)21(15)32-11-9-17(10-12-32)33-14-20-22(30-31-29-20)34(23(33)35)13-16-6-2-3-7-18(16)24(26,27)28/h2-8,17H,9-14H2,1H3,(H,29,30,31). The van der Waals surface area contributed by atoms with Crippen molar-refractivity contribution in [3.63, 3.8) is 0 Å². The van der Waals surface area contributed by atoms with E-state index in [1.54, 1.807) is 11.0 Å². The van der Waals surface area contributed by atoms with Crippen molar-refractivity contribution in [3.05, 3.63) is 70.7 Å². The van der Waals surface area contributed by atoms with E-state index in [9.17, 15) is 22.4 Å². The Bertz CT molecular complexity index is 1210. The van der Waals surface area contributed by atoms with Crippen LogP contribution in [0.2, 0.25) is 0 Å². The van der Waals surface area contributed by atoms with Crippen LogP contribution < -0.4 is 9.80 Å². The molecule has 1 aromatic heterocycles. The molecule has 35 heavy (non-hydrogen) atoms. The monoisotopic (exact) mass is 488 g/mol. The van der Waals surface area contributed by atoms with Gasteiger partial charge in [-0.25, -0.2) is 14.3 Å². The number of alkyl halides is 3. The number of rotatable bonds is 4. The van der Waals surface area contributed by atoms with Crippen LogP contribution in [0.4, 0.5) is 33.9 Å². The number of carbonyl (C=O) groups is 1. The minimum absolute atomic E-state index is 0.0133. The lowest BCUT2D eigenvalue weighted by atomic mass is 10.00. The van der Waals surface area contributed by atoms with Gasteiger partial charge in [-0.05, 0) is 43.0 Å². The number of amides is 2. The van der Waals surface area contributed by atoms with Crippen LogP contribution in [-0.2, 0) is 19.3 Å². The van der Waals surface area contributed by atoms with E-state index >= 15 is 0 Å². The number of urea groups is 1. The molecule has 5 rings (SSSR count). The van der Waals surface area contributed by atoms with Crippen molar-refractivity contribution in [2.24, 2.45) is 0 Å².